The lowest BCUT2D eigenvalue weighted by atomic mass is 9.67. The monoisotopic (exact) mass is 224 g/mol. The molecule has 0 N–H and O–H groups in total. The van der Waals surface area contributed by atoms with Gasteiger partial charge in [0.1, 0.15) is 0 Å². The van der Waals surface area contributed by atoms with Crippen LogP contribution in [0.5, 0.6) is 0 Å². The molecule has 88 valence electrons. The number of rotatable bonds is 1. The van der Waals surface area contributed by atoms with Gasteiger partial charge in [0, 0.05) is 12.8 Å². The summed E-state index contributed by atoms with van der Waals surface area (Å²) in [7, 11) is 0. The van der Waals surface area contributed by atoms with E-state index in [1.165, 1.54) is 13.8 Å². The van der Waals surface area contributed by atoms with E-state index in [1.807, 2.05) is 13.8 Å². The Labute approximate surface area is 94.3 Å². The Bertz CT molecular complexity index is 387. The average molecular weight is 224 g/mol. The Balaban J connectivity index is 2.37. The molecule has 1 aliphatic carbocycles. The summed E-state index contributed by atoms with van der Waals surface area (Å²) >= 11 is 0. The first-order chi connectivity index (χ1) is 7.16. The first kappa shape index (κ1) is 11.5. The maximum Gasteiger partial charge on any atom is 0.221 e. The van der Waals surface area contributed by atoms with Gasteiger partial charge < -0.3 is 4.74 Å². The highest BCUT2D eigenvalue weighted by atomic mass is 16.6. The molecule has 1 atom stereocenters. The summed E-state index contributed by atoms with van der Waals surface area (Å²) in [5.74, 6) is -0.744. The highest BCUT2D eigenvalue weighted by Gasteiger charge is 2.79. The van der Waals surface area contributed by atoms with Crippen molar-refractivity contribution in [2.45, 2.75) is 51.7 Å². The lowest BCUT2D eigenvalue weighted by Crippen LogP contribution is -2.50. The van der Waals surface area contributed by atoms with Gasteiger partial charge in [0.25, 0.3) is 0 Å². The minimum Gasteiger partial charge on any atom is -0.338 e. The molecule has 4 heteroatoms. The second kappa shape index (κ2) is 2.80. The number of hydrogen-bond acceptors (Lipinski definition) is 4. The topological polar surface area (TPSA) is 63.7 Å². The molecule has 1 heterocycles. The molecule has 16 heavy (non-hydrogen) atoms. The average Bonchev–Trinajstić information content (AvgIpc) is 2.71. The zero-order valence-electron chi connectivity index (χ0n) is 10.0. The third kappa shape index (κ3) is 1.16. The second-order valence-electron chi connectivity index (χ2n) is 5.74. The maximum atomic E-state index is 12.0. The van der Waals surface area contributed by atoms with Crippen LogP contribution in [0.1, 0.15) is 40.5 Å². The van der Waals surface area contributed by atoms with Crippen LogP contribution < -0.4 is 0 Å². The van der Waals surface area contributed by atoms with Gasteiger partial charge in [-0.3, -0.25) is 14.4 Å². The Morgan fingerprint density at radius 1 is 1.12 bits per heavy atom. The molecule has 1 saturated carbocycles. The van der Waals surface area contributed by atoms with Crippen molar-refractivity contribution >= 4 is 17.3 Å². The summed E-state index contributed by atoms with van der Waals surface area (Å²) in [6.45, 7) is 6.64. The summed E-state index contributed by atoms with van der Waals surface area (Å²) in [6.07, 6.45) is 0.587. The Kier molecular flexibility index (Phi) is 2.00. The van der Waals surface area contributed by atoms with E-state index in [1.54, 1.807) is 0 Å². The first-order valence-corrected chi connectivity index (χ1v) is 5.43. The molecule has 1 saturated heterocycles. The standard InChI is InChI=1S/C12H16O4/c1-7(13)11(4)12(16-11)8(14)5-10(2,3)6-9(12)15/h5-6H2,1-4H3. The molecule has 0 radical (unpaired) electrons. The number of ketones is 3. The van der Waals surface area contributed by atoms with Crippen molar-refractivity contribution in [2.75, 3.05) is 0 Å². The van der Waals surface area contributed by atoms with Crippen LogP contribution in [-0.4, -0.2) is 28.6 Å². The van der Waals surface area contributed by atoms with Crippen molar-refractivity contribution in [3.05, 3.63) is 0 Å². The van der Waals surface area contributed by atoms with Gasteiger partial charge in [0.05, 0.1) is 0 Å². The van der Waals surface area contributed by atoms with E-state index in [0.717, 1.165) is 0 Å². The quantitative estimate of drug-likeness (QED) is 0.493. The zero-order chi connectivity index (χ0) is 12.4. The van der Waals surface area contributed by atoms with E-state index in [9.17, 15) is 14.4 Å². The fourth-order valence-electron chi connectivity index (χ4n) is 2.58. The molecule has 1 aliphatic heterocycles. The predicted molar refractivity (Wildman–Crippen MR) is 55.9 cm³/mol. The molecule has 0 amide bonds. The number of epoxide rings is 1. The minimum atomic E-state index is -1.45. The van der Waals surface area contributed by atoms with Crippen molar-refractivity contribution in [3.8, 4) is 0 Å². The Morgan fingerprint density at radius 2 is 1.56 bits per heavy atom. The second-order valence-corrected chi connectivity index (χ2v) is 5.74. The van der Waals surface area contributed by atoms with Crippen LogP contribution in [0.25, 0.3) is 0 Å². The Morgan fingerprint density at radius 3 is 1.88 bits per heavy atom. The van der Waals surface area contributed by atoms with Crippen LogP contribution in [0.3, 0.4) is 0 Å². The van der Waals surface area contributed by atoms with E-state index in [4.69, 9.17) is 4.74 Å². The van der Waals surface area contributed by atoms with Gasteiger partial charge in [-0.2, -0.15) is 0 Å². The molecule has 2 rings (SSSR count). The van der Waals surface area contributed by atoms with Gasteiger partial charge in [0.15, 0.2) is 23.0 Å². The van der Waals surface area contributed by atoms with Crippen LogP contribution in [-0.2, 0) is 19.1 Å². The van der Waals surface area contributed by atoms with E-state index in [2.05, 4.69) is 0 Å². The summed E-state index contributed by atoms with van der Waals surface area (Å²) < 4.78 is 5.26. The minimum absolute atomic E-state index is 0.244. The molecular formula is C12H16O4. The van der Waals surface area contributed by atoms with Crippen molar-refractivity contribution in [1.82, 2.24) is 0 Å². The van der Waals surface area contributed by atoms with Crippen LogP contribution in [0.2, 0.25) is 0 Å². The third-order valence-electron chi connectivity index (χ3n) is 3.72. The molecule has 1 unspecified atom stereocenters. The lowest BCUT2D eigenvalue weighted by Gasteiger charge is -2.31. The summed E-state index contributed by atoms with van der Waals surface area (Å²) in [5.41, 5.74) is -2.98. The van der Waals surface area contributed by atoms with E-state index >= 15 is 0 Å². The van der Waals surface area contributed by atoms with Gasteiger partial charge in [-0.05, 0) is 19.3 Å². The van der Waals surface area contributed by atoms with Crippen LogP contribution in [0, 0.1) is 5.41 Å². The van der Waals surface area contributed by atoms with E-state index in [-0.39, 0.29) is 22.8 Å². The number of hydrogen-bond donors (Lipinski definition) is 0. The summed E-state index contributed by atoms with van der Waals surface area (Å²) in [4.78, 5) is 35.5. The number of Topliss-reactive ketones (excluding diaryl/α,β-unsaturated/α-hetero) is 3. The summed E-state index contributed by atoms with van der Waals surface area (Å²) in [6, 6.07) is 0. The molecule has 0 bridgehead atoms. The maximum absolute atomic E-state index is 12.0. The largest absolute Gasteiger partial charge is 0.338 e. The zero-order valence-corrected chi connectivity index (χ0v) is 10.0. The highest BCUT2D eigenvalue weighted by molar-refractivity contribution is 6.22. The van der Waals surface area contributed by atoms with Crippen LogP contribution in [0.4, 0.5) is 0 Å². The summed E-state index contributed by atoms with van der Waals surface area (Å²) in [5, 5.41) is 0. The molecule has 0 aromatic rings. The molecule has 2 aliphatic rings. The van der Waals surface area contributed by atoms with Crippen LogP contribution >= 0.6 is 0 Å². The van der Waals surface area contributed by atoms with Crippen molar-refractivity contribution in [1.29, 1.82) is 0 Å². The number of carbonyl (C=O) groups is 3. The SMILES string of the molecule is CC(=O)C1(C)OC12C(=O)CC(C)(C)CC2=O. The number of ether oxygens (including phenoxy) is 1. The van der Waals surface area contributed by atoms with E-state index < -0.39 is 11.2 Å². The van der Waals surface area contributed by atoms with Gasteiger partial charge in [-0.1, -0.05) is 13.8 Å². The molecule has 2 fully saturated rings. The van der Waals surface area contributed by atoms with Crippen LogP contribution in [0.15, 0.2) is 0 Å². The van der Waals surface area contributed by atoms with Gasteiger partial charge in [-0.15, -0.1) is 0 Å². The first-order valence-electron chi connectivity index (χ1n) is 5.43. The molecule has 1 spiro atoms. The van der Waals surface area contributed by atoms with E-state index in [0.29, 0.717) is 12.8 Å². The third-order valence-corrected chi connectivity index (χ3v) is 3.72. The van der Waals surface area contributed by atoms with Gasteiger partial charge in [-0.25, -0.2) is 0 Å². The molecule has 0 aromatic heterocycles. The van der Waals surface area contributed by atoms with Gasteiger partial charge in [0.2, 0.25) is 5.60 Å². The fourth-order valence-corrected chi connectivity index (χ4v) is 2.58. The molecule has 4 nitrogen and oxygen atoms in total. The molecular weight excluding hydrogens is 208 g/mol. The van der Waals surface area contributed by atoms with Crippen molar-refractivity contribution in [2.24, 2.45) is 5.41 Å². The lowest BCUT2D eigenvalue weighted by molar-refractivity contribution is -0.142. The number of carbonyl (C=O) groups excluding carboxylic acids is 3. The van der Waals surface area contributed by atoms with Crippen molar-refractivity contribution < 1.29 is 19.1 Å². The Hall–Kier alpha value is -1.03. The highest BCUT2D eigenvalue weighted by Crippen LogP contribution is 2.55. The van der Waals surface area contributed by atoms with Gasteiger partial charge >= 0.3 is 0 Å². The molecule has 0 aromatic carbocycles. The normalized spacial score (nSPS) is 35.2. The fraction of sp³-hybridized carbons (Fsp3) is 0.750. The predicted octanol–water partition coefficient (Wildman–Crippen LogP) is 1.06. The van der Waals surface area contributed by atoms with Crippen molar-refractivity contribution in [3.63, 3.8) is 0 Å². The smallest absolute Gasteiger partial charge is 0.221 e.